The molecule has 1 aliphatic heterocycles. The number of hydrogen-bond donors (Lipinski definition) is 1. The van der Waals surface area contributed by atoms with Gasteiger partial charge in [-0.2, -0.15) is 0 Å². The van der Waals surface area contributed by atoms with Gasteiger partial charge in [0.1, 0.15) is 28.9 Å². The van der Waals surface area contributed by atoms with Gasteiger partial charge in [0.25, 0.3) is 10.0 Å². The number of amides is 1. The number of fused-ring (bicyclic) bond motifs is 1. The average Bonchev–Trinajstić information content (AvgIpc) is 2.53. The lowest BCUT2D eigenvalue weighted by molar-refractivity contribution is -0.124. The van der Waals surface area contributed by atoms with Gasteiger partial charge in [-0.1, -0.05) is 18.2 Å². The van der Waals surface area contributed by atoms with E-state index in [9.17, 15) is 22.0 Å². The van der Waals surface area contributed by atoms with Crippen LogP contribution in [0.2, 0.25) is 0 Å². The first-order valence-electron chi connectivity index (χ1n) is 7.09. The Morgan fingerprint density at radius 2 is 1.92 bits per heavy atom. The molecule has 0 saturated heterocycles. The summed E-state index contributed by atoms with van der Waals surface area (Å²) < 4.78 is 58.0. The van der Waals surface area contributed by atoms with Crippen molar-refractivity contribution in [3.05, 3.63) is 59.7 Å². The molecule has 8 heteroatoms. The van der Waals surface area contributed by atoms with E-state index in [-0.39, 0.29) is 6.61 Å². The van der Waals surface area contributed by atoms with Crippen molar-refractivity contribution in [2.75, 3.05) is 6.61 Å². The van der Waals surface area contributed by atoms with Crippen LogP contribution >= 0.6 is 0 Å². The molecular weight excluding hydrogens is 340 g/mol. The topological polar surface area (TPSA) is 72.5 Å². The second-order valence-corrected chi connectivity index (χ2v) is 7.02. The third kappa shape index (κ3) is 3.23. The molecule has 1 aliphatic rings. The zero-order valence-electron chi connectivity index (χ0n) is 12.3. The minimum Gasteiger partial charge on any atom is -0.492 e. The molecule has 1 atom stereocenters. The second kappa shape index (κ2) is 6.20. The SMILES string of the molecule is O=C(NS(=O)(=O)c1ccc(F)cc1F)[C@H]1COc2ccccc2C1. The molecule has 126 valence electrons. The van der Waals surface area contributed by atoms with Crippen LogP contribution in [0.1, 0.15) is 5.56 Å². The molecule has 0 unspecified atom stereocenters. The lowest BCUT2D eigenvalue weighted by Crippen LogP contribution is -2.40. The molecule has 0 aromatic heterocycles. The van der Waals surface area contributed by atoms with Crippen molar-refractivity contribution in [3.63, 3.8) is 0 Å². The molecule has 0 aliphatic carbocycles. The van der Waals surface area contributed by atoms with Crippen molar-refractivity contribution in [1.29, 1.82) is 0 Å². The number of sulfonamides is 1. The predicted octanol–water partition coefficient (Wildman–Crippen LogP) is 2.02. The molecule has 0 spiro atoms. The Morgan fingerprint density at radius 3 is 2.67 bits per heavy atom. The number of carbonyl (C=O) groups excluding carboxylic acids is 1. The van der Waals surface area contributed by atoms with E-state index in [0.29, 0.717) is 18.2 Å². The van der Waals surface area contributed by atoms with Gasteiger partial charge in [0.05, 0.1) is 5.92 Å². The standard InChI is InChI=1S/C16H13F2NO4S/c17-12-5-6-15(13(18)8-12)24(21,22)19-16(20)11-7-10-3-1-2-4-14(10)23-9-11/h1-6,8,11H,7,9H2,(H,19,20)/t11-/m1/s1. The van der Waals surface area contributed by atoms with Crippen LogP contribution < -0.4 is 9.46 Å². The summed E-state index contributed by atoms with van der Waals surface area (Å²) in [4.78, 5) is 11.4. The quantitative estimate of drug-likeness (QED) is 0.916. The van der Waals surface area contributed by atoms with E-state index in [1.807, 2.05) is 4.72 Å². The van der Waals surface area contributed by atoms with Gasteiger partial charge in [-0.3, -0.25) is 4.79 Å². The fraction of sp³-hybridized carbons (Fsp3) is 0.188. The van der Waals surface area contributed by atoms with E-state index in [1.54, 1.807) is 24.3 Å². The highest BCUT2D eigenvalue weighted by Gasteiger charge is 2.30. The Kier molecular flexibility index (Phi) is 4.23. The van der Waals surface area contributed by atoms with Gasteiger partial charge >= 0.3 is 0 Å². The number of nitrogens with one attached hydrogen (secondary N) is 1. The fourth-order valence-electron chi connectivity index (χ4n) is 2.46. The van der Waals surface area contributed by atoms with Crippen molar-refractivity contribution >= 4 is 15.9 Å². The Balaban J connectivity index is 1.77. The van der Waals surface area contributed by atoms with Crippen LogP contribution in [-0.2, 0) is 21.2 Å². The van der Waals surface area contributed by atoms with Crippen LogP contribution in [0.4, 0.5) is 8.78 Å². The Hall–Kier alpha value is -2.48. The molecule has 2 aromatic rings. The smallest absolute Gasteiger partial charge is 0.266 e. The molecule has 0 fully saturated rings. The van der Waals surface area contributed by atoms with Crippen molar-refractivity contribution < 1.29 is 26.7 Å². The van der Waals surface area contributed by atoms with Crippen LogP contribution in [0, 0.1) is 17.6 Å². The molecule has 1 heterocycles. The van der Waals surface area contributed by atoms with Gasteiger partial charge in [-0.25, -0.2) is 21.9 Å². The van der Waals surface area contributed by atoms with Gasteiger partial charge < -0.3 is 4.74 Å². The average molecular weight is 353 g/mol. The van der Waals surface area contributed by atoms with Gasteiger partial charge in [-0.15, -0.1) is 0 Å². The van der Waals surface area contributed by atoms with Crippen molar-refractivity contribution in [2.45, 2.75) is 11.3 Å². The minimum absolute atomic E-state index is 0.0181. The van der Waals surface area contributed by atoms with Crippen LogP contribution in [0.3, 0.4) is 0 Å². The number of para-hydroxylation sites is 1. The van der Waals surface area contributed by atoms with Gasteiger partial charge in [0.15, 0.2) is 0 Å². The number of carbonyl (C=O) groups is 1. The Labute approximate surface area is 137 Å². The van der Waals surface area contributed by atoms with Crippen LogP contribution in [0.25, 0.3) is 0 Å². The molecule has 3 rings (SSSR count). The first kappa shape index (κ1) is 16.4. The van der Waals surface area contributed by atoms with Crippen LogP contribution in [0.15, 0.2) is 47.4 Å². The number of halogens is 2. The van der Waals surface area contributed by atoms with E-state index in [4.69, 9.17) is 4.74 Å². The maximum Gasteiger partial charge on any atom is 0.266 e. The first-order valence-corrected chi connectivity index (χ1v) is 8.57. The predicted molar refractivity (Wildman–Crippen MR) is 80.8 cm³/mol. The zero-order chi connectivity index (χ0) is 17.3. The molecule has 2 aromatic carbocycles. The first-order chi connectivity index (χ1) is 11.4. The minimum atomic E-state index is -4.43. The molecule has 0 bridgehead atoms. The Bertz CT molecular complexity index is 899. The lowest BCUT2D eigenvalue weighted by atomic mass is 9.96. The highest BCUT2D eigenvalue weighted by Crippen LogP contribution is 2.27. The maximum absolute atomic E-state index is 13.6. The summed E-state index contributed by atoms with van der Waals surface area (Å²) >= 11 is 0. The molecule has 0 radical (unpaired) electrons. The molecular formula is C16H13F2NO4S. The van der Waals surface area contributed by atoms with E-state index in [0.717, 1.165) is 17.7 Å². The van der Waals surface area contributed by atoms with E-state index < -0.39 is 38.4 Å². The third-order valence-electron chi connectivity index (χ3n) is 3.67. The van der Waals surface area contributed by atoms with Crippen LogP contribution in [0.5, 0.6) is 5.75 Å². The normalized spacial score (nSPS) is 16.8. The van der Waals surface area contributed by atoms with Crippen molar-refractivity contribution in [3.8, 4) is 5.75 Å². The zero-order valence-corrected chi connectivity index (χ0v) is 13.1. The van der Waals surface area contributed by atoms with Crippen molar-refractivity contribution in [2.24, 2.45) is 5.92 Å². The number of rotatable bonds is 3. The highest BCUT2D eigenvalue weighted by molar-refractivity contribution is 7.90. The lowest BCUT2D eigenvalue weighted by Gasteiger charge is -2.24. The molecule has 5 nitrogen and oxygen atoms in total. The number of hydrogen-bond acceptors (Lipinski definition) is 4. The summed E-state index contributed by atoms with van der Waals surface area (Å²) in [5.74, 6) is -3.05. The van der Waals surface area contributed by atoms with Gasteiger partial charge in [0.2, 0.25) is 5.91 Å². The maximum atomic E-state index is 13.6. The second-order valence-electron chi connectivity index (χ2n) is 5.36. The molecule has 0 saturated carbocycles. The largest absolute Gasteiger partial charge is 0.492 e. The van der Waals surface area contributed by atoms with E-state index >= 15 is 0 Å². The summed E-state index contributed by atoms with van der Waals surface area (Å²) in [7, 11) is -4.43. The Morgan fingerprint density at radius 1 is 1.17 bits per heavy atom. The summed E-state index contributed by atoms with van der Waals surface area (Å²) in [6, 6.07) is 9.14. The number of ether oxygens (including phenoxy) is 1. The van der Waals surface area contributed by atoms with Crippen LogP contribution in [-0.4, -0.2) is 20.9 Å². The summed E-state index contributed by atoms with van der Waals surface area (Å²) in [5, 5.41) is 0. The monoisotopic (exact) mass is 353 g/mol. The fourth-order valence-corrected chi connectivity index (χ4v) is 3.56. The number of benzene rings is 2. The highest BCUT2D eigenvalue weighted by atomic mass is 32.2. The van der Waals surface area contributed by atoms with Crippen molar-refractivity contribution in [1.82, 2.24) is 4.72 Å². The van der Waals surface area contributed by atoms with Gasteiger partial charge in [0, 0.05) is 6.07 Å². The summed E-state index contributed by atoms with van der Waals surface area (Å²) in [6.07, 6.45) is 0.309. The summed E-state index contributed by atoms with van der Waals surface area (Å²) in [5.41, 5.74) is 0.786. The third-order valence-corrected chi connectivity index (χ3v) is 5.05. The molecule has 24 heavy (non-hydrogen) atoms. The van der Waals surface area contributed by atoms with E-state index in [1.165, 1.54) is 0 Å². The molecule has 1 N–H and O–H groups in total. The summed E-state index contributed by atoms with van der Waals surface area (Å²) in [6.45, 7) is 0.0181. The molecule has 1 amide bonds. The van der Waals surface area contributed by atoms with E-state index in [2.05, 4.69) is 0 Å². The van der Waals surface area contributed by atoms with Gasteiger partial charge in [-0.05, 0) is 30.2 Å².